The first-order chi connectivity index (χ1) is 11.1. The van der Waals surface area contributed by atoms with Crippen LogP contribution in [0.5, 0.6) is 0 Å². The van der Waals surface area contributed by atoms with Crippen LogP contribution < -0.4 is 0 Å². The van der Waals surface area contributed by atoms with Gasteiger partial charge in [0, 0.05) is 19.0 Å². The maximum atomic E-state index is 13.2. The SMILES string of the molecule is Cc1ccc(CC(C)C(=O)N2CCC(C(=O)O)(C(F)(F)F)C2)cc1. The van der Waals surface area contributed by atoms with Gasteiger partial charge in [-0.1, -0.05) is 36.8 Å². The number of alkyl halides is 3. The highest BCUT2D eigenvalue weighted by molar-refractivity contribution is 5.82. The van der Waals surface area contributed by atoms with Crippen molar-refractivity contribution in [1.29, 1.82) is 0 Å². The number of carbonyl (C=O) groups excluding carboxylic acids is 1. The molecule has 24 heavy (non-hydrogen) atoms. The number of amides is 1. The minimum Gasteiger partial charge on any atom is -0.481 e. The van der Waals surface area contributed by atoms with Crippen molar-refractivity contribution in [2.45, 2.75) is 32.9 Å². The maximum absolute atomic E-state index is 13.2. The summed E-state index contributed by atoms with van der Waals surface area (Å²) < 4.78 is 39.5. The summed E-state index contributed by atoms with van der Waals surface area (Å²) in [5.74, 6) is -2.87. The standard InChI is InChI=1S/C17H20F3NO3/c1-11-3-5-13(6-4-11)9-12(2)14(22)21-8-7-16(10-21,15(23)24)17(18,19)20/h3-6,12H,7-10H2,1-2H3,(H,23,24). The van der Waals surface area contributed by atoms with Crippen LogP contribution >= 0.6 is 0 Å². The van der Waals surface area contributed by atoms with Gasteiger partial charge in [-0.2, -0.15) is 13.2 Å². The predicted octanol–water partition coefficient (Wildman–Crippen LogP) is 3.04. The molecule has 2 unspecified atom stereocenters. The van der Waals surface area contributed by atoms with Crippen LogP contribution in [0, 0.1) is 18.3 Å². The average Bonchev–Trinajstić information content (AvgIpc) is 2.95. The number of likely N-dealkylation sites (tertiary alicyclic amines) is 1. The number of carbonyl (C=O) groups is 2. The Kier molecular flexibility index (Phi) is 4.92. The van der Waals surface area contributed by atoms with E-state index in [1.165, 1.54) is 0 Å². The molecule has 1 N–H and O–H groups in total. The Morgan fingerprint density at radius 1 is 1.29 bits per heavy atom. The summed E-state index contributed by atoms with van der Waals surface area (Å²) in [6.45, 7) is 2.58. The number of rotatable bonds is 4. The normalized spacial score (nSPS) is 22.5. The zero-order valence-corrected chi connectivity index (χ0v) is 13.6. The monoisotopic (exact) mass is 343 g/mol. The van der Waals surface area contributed by atoms with E-state index in [0.717, 1.165) is 16.0 Å². The van der Waals surface area contributed by atoms with E-state index in [4.69, 9.17) is 5.11 Å². The number of halogens is 3. The third kappa shape index (κ3) is 3.39. The summed E-state index contributed by atoms with van der Waals surface area (Å²) in [6.07, 6.45) is -5.08. The smallest absolute Gasteiger partial charge is 0.406 e. The minimum absolute atomic E-state index is 0.192. The molecule has 7 heteroatoms. The molecule has 132 valence electrons. The molecule has 4 nitrogen and oxygen atoms in total. The second-order valence-electron chi connectivity index (χ2n) is 6.49. The number of hydrogen-bond acceptors (Lipinski definition) is 2. The number of benzene rings is 1. The Labute approximate surface area is 138 Å². The average molecular weight is 343 g/mol. The lowest BCUT2D eigenvalue weighted by atomic mass is 9.86. The second-order valence-corrected chi connectivity index (χ2v) is 6.49. The highest BCUT2D eigenvalue weighted by Crippen LogP contribution is 2.46. The highest BCUT2D eigenvalue weighted by Gasteiger charge is 2.64. The number of carboxylic acid groups (broad SMARTS) is 1. The van der Waals surface area contributed by atoms with Gasteiger partial charge in [-0.15, -0.1) is 0 Å². The predicted molar refractivity (Wildman–Crippen MR) is 81.4 cm³/mol. The van der Waals surface area contributed by atoms with Crippen LogP contribution in [0.25, 0.3) is 0 Å². The second kappa shape index (κ2) is 6.45. The van der Waals surface area contributed by atoms with E-state index in [0.29, 0.717) is 6.42 Å². The van der Waals surface area contributed by atoms with Crippen LogP contribution in [-0.2, 0) is 16.0 Å². The van der Waals surface area contributed by atoms with Crippen LogP contribution in [0.2, 0.25) is 0 Å². The van der Waals surface area contributed by atoms with Crippen molar-refractivity contribution < 1.29 is 27.9 Å². The van der Waals surface area contributed by atoms with E-state index in [2.05, 4.69) is 0 Å². The molecule has 1 aliphatic heterocycles. The van der Waals surface area contributed by atoms with E-state index < -0.39 is 42.4 Å². The number of aryl methyl sites for hydroxylation is 1. The van der Waals surface area contributed by atoms with E-state index in [1.807, 2.05) is 31.2 Å². The lowest BCUT2D eigenvalue weighted by molar-refractivity contribution is -0.227. The number of carboxylic acids is 1. The highest BCUT2D eigenvalue weighted by atomic mass is 19.4. The van der Waals surface area contributed by atoms with Gasteiger partial charge in [-0.3, -0.25) is 9.59 Å². The molecule has 0 radical (unpaired) electrons. The van der Waals surface area contributed by atoms with E-state index in [-0.39, 0.29) is 6.54 Å². The summed E-state index contributed by atoms with van der Waals surface area (Å²) in [5.41, 5.74) is -0.860. The van der Waals surface area contributed by atoms with E-state index in [1.54, 1.807) is 6.92 Å². The van der Waals surface area contributed by atoms with Gasteiger partial charge < -0.3 is 10.0 Å². The molecule has 1 aliphatic rings. The largest absolute Gasteiger partial charge is 0.481 e. The maximum Gasteiger partial charge on any atom is 0.406 e. The Morgan fingerprint density at radius 3 is 2.33 bits per heavy atom. The third-order valence-corrected chi connectivity index (χ3v) is 4.62. The summed E-state index contributed by atoms with van der Waals surface area (Å²) in [4.78, 5) is 24.6. The van der Waals surface area contributed by atoms with Crippen molar-refractivity contribution in [3.8, 4) is 0 Å². The molecule has 1 amide bonds. The molecular weight excluding hydrogens is 323 g/mol. The Balaban J connectivity index is 2.08. The molecular formula is C17H20F3NO3. The molecule has 2 rings (SSSR count). The van der Waals surface area contributed by atoms with Gasteiger partial charge in [-0.25, -0.2) is 0 Å². The van der Waals surface area contributed by atoms with E-state index >= 15 is 0 Å². The lowest BCUT2D eigenvalue weighted by Crippen LogP contribution is -2.48. The van der Waals surface area contributed by atoms with Gasteiger partial charge in [0.1, 0.15) is 0 Å². The number of nitrogens with zero attached hydrogens (tertiary/aromatic N) is 1. The van der Waals surface area contributed by atoms with Crippen LogP contribution in [-0.4, -0.2) is 41.1 Å². The molecule has 2 atom stereocenters. The molecule has 1 aromatic rings. The summed E-state index contributed by atoms with van der Waals surface area (Å²) in [6, 6.07) is 7.56. The fraction of sp³-hybridized carbons (Fsp3) is 0.529. The summed E-state index contributed by atoms with van der Waals surface area (Å²) in [7, 11) is 0. The number of aliphatic carboxylic acids is 1. The lowest BCUT2D eigenvalue weighted by Gasteiger charge is -2.28. The molecule has 1 saturated heterocycles. The van der Waals surface area contributed by atoms with Crippen molar-refractivity contribution in [2.24, 2.45) is 11.3 Å². The van der Waals surface area contributed by atoms with E-state index in [9.17, 15) is 22.8 Å². The summed E-state index contributed by atoms with van der Waals surface area (Å²) in [5, 5.41) is 9.04. The van der Waals surface area contributed by atoms with Crippen LogP contribution in [0.4, 0.5) is 13.2 Å². The minimum atomic E-state index is -4.88. The third-order valence-electron chi connectivity index (χ3n) is 4.62. The first kappa shape index (κ1) is 18.3. The molecule has 0 spiro atoms. The first-order valence-electron chi connectivity index (χ1n) is 7.71. The molecule has 1 aromatic carbocycles. The van der Waals surface area contributed by atoms with Crippen LogP contribution in [0.1, 0.15) is 24.5 Å². The zero-order valence-electron chi connectivity index (χ0n) is 13.6. The van der Waals surface area contributed by atoms with Crippen molar-refractivity contribution in [2.75, 3.05) is 13.1 Å². The Hall–Kier alpha value is -2.05. The Morgan fingerprint density at radius 2 is 1.88 bits per heavy atom. The van der Waals surface area contributed by atoms with Gasteiger partial charge in [0.15, 0.2) is 5.41 Å². The molecule has 1 heterocycles. The van der Waals surface area contributed by atoms with Crippen molar-refractivity contribution >= 4 is 11.9 Å². The van der Waals surface area contributed by atoms with Gasteiger partial charge in [0.05, 0.1) is 0 Å². The van der Waals surface area contributed by atoms with Crippen molar-refractivity contribution in [3.63, 3.8) is 0 Å². The topological polar surface area (TPSA) is 57.6 Å². The molecule has 0 saturated carbocycles. The zero-order chi connectivity index (χ0) is 18.1. The van der Waals surface area contributed by atoms with Gasteiger partial charge in [0.25, 0.3) is 0 Å². The molecule has 0 bridgehead atoms. The van der Waals surface area contributed by atoms with Gasteiger partial charge >= 0.3 is 12.1 Å². The van der Waals surface area contributed by atoms with Crippen LogP contribution in [0.15, 0.2) is 24.3 Å². The molecule has 1 fully saturated rings. The quantitative estimate of drug-likeness (QED) is 0.914. The van der Waals surface area contributed by atoms with Crippen molar-refractivity contribution in [3.05, 3.63) is 35.4 Å². The summed E-state index contributed by atoms with van der Waals surface area (Å²) >= 11 is 0. The Bertz CT molecular complexity index is 627. The van der Waals surface area contributed by atoms with Gasteiger partial charge in [0.2, 0.25) is 5.91 Å². The first-order valence-corrected chi connectivity index (χ1v) is 7.71. The molecule has 0 aromatic heterocycles. The molecule has 0 aliphatic carbocycles. The fourth-order valence-electron chi connectivity index (χ4n) is 3.00. The van der Waals surface area contributed by atoms with Crippen LogP contribution in [0.3, 0.4) is 0 Å². The number of hydrogen-bond donors (Lipinski definition) is 1. The van der Waals surface area contributed by atoms with Crippen molar-refractivity contribution in [1.82, 2.24) is 4.90 Å². The fourth-order valence-corrected chi connectivity index (χ4v) is 3.00. The van der Waals surface area contributed by atoms with Gasteiger partial charge in [-0.05, 0) is 25.3 Å².